The van der Waals surface area contributed by atoms with E-state index in [2.05, 4.69) is 19.8 Å². The van der Waals surface area contributed by atoms with E-state index >= 15 is 0 Å². The van der Waals surface area contributed by atoms with Gasteiger partial charge in [0.25, 0.3) is 0 Å². The van der Waals surface area contributed by atoms with Gasteiger partial charge in [0.2, 0.25) is 0 Å². The van der Waals surface area contributed by atoms with E-state index in [0.29, 0.717) is 11.7 Å². The monoisotopic (exact) mass is 206 g/mol. The first kappa shape index (κ1) is 9.06. The van der Waals surface area contributed by atoms with Crippen LogP contribution in [-0.4, -0.2) is 58.8 Å². The maximum absolute atomic E-state index is 10.6. The van der Waals surface area contributed by atoms with Gasteiger partial charge in [0, 0.05) is 32.7 Å². The average molecular weight is 206 g/mol. The minimum absolute atomic E-state index is 0.348. The highest BCUT2D eigenvalue weighted by molar-refractivity contribution is 5.71. The Labute approximate surface area is 88.1 Å². The molecule has 0 spiro atoms. The van der Waals surface area contributed by atoms with Gasteiger partial charge in [-0.1, -0.05) is 0 Å². The average Bonchev–Trinajstić information content (AvgIpc) is 2.79. The molecule has 0 radical (unpaired) electrons. The Morgan fingerprint density at radius 1 is 1.40 bits per heavy atom. The maximum atomic E-state index is 10.6. The zero-order valence-electron chi connectivity index (χ0n) is 8.52. The topological polar surface area (TPSA) is 52.2 Å². The number of nitrogens with zero attached hydrogens (tertiary/aromatic N) is 3. The Balaban J connectivity index is 1.84. The predicted molar refractivity (Wildman–Crippen MR) is 54.7 cm³/mol. The van der Waals surface area contributed by atoms with Crippen molar-refractivity contribution in [3.8, 4) is 0 Å². The molecule has 1 atom stereocenters. The van der Waals surface area contributed by atoms with Gasteiger partial charge in [-0.25, -0.2) is 4.98 Å². The Hall–Kier alpha value is -1.20. The van der Waals surface area contributed by atoms with Gasteiger partial charge in [-0.3, -0.25) is 14.6 Å². The lowest BCUT2D eigenvalue weighted by Gasteiger charge is -2.46. The highest BCUT2D eigenvalue weighted by Gasteiger charge is 2.34. The van der Waals surface area contributed by atoms with E-state index in [1.165, 1.54) is 0 Å². The molecule has 0 aromatic carbocycles. The number of fused-ring (bicyclic) bond motifs is 3. The fraction of sp³-hybridized carbons (Fsp3) is 0.600. The van der Waals surface area contributed by atoms with Gasteiger partial charge in [0.15, 0.2) is 6.29 Å². The predicted octanol–water partition coefficient (Wildman–Crippen LogP) is -0.106. The normalized spacial score (nSPS) is 34.3. The molecule has 1 aromatic rings. The number of aromatic amines is 1. The summed E-state index contributed by atoms with van der Waals surface area (Å²) in [7, 11) is 0. The summed E-state index contributed by atoms with van der Waals surface area (Å²) in [6.45, 7) is 5.59. The summed E-state index contributed by atoms with van der Waals surface area (Å²) >= 11 is 0. The third kappa shape index (κ3) is 1.48. The third-order valence-electron chi connectivity index (χ3n) is 3.34. The van der Waals surface area contributed by atoms with Crippen LogP contribution in [0.1, 0.15) is 22.4 Å². The Kier molecular flexibility index (Phi) is 2.07. The fourth-order valence-corrected chi connectivity index (χ4v) is 2.46. The molecule has 3 fully saturated rings. The van der Waals surface area contributed by atoms with Crippen molar-refractivity contribution in [1.29, 1.82) is 0 Å². The molecular weight excluding hydrogens is 192 g/mol. The van der Waals surface area contributed by atoms with Crippen LogP contribution in [0.2, 0.25) is 0 Å². The lowest BCUT2D eigenvalue weighted by Crippen LogP contribution is -2.57. The van der Waals surface area contributed by atoms with Crippen molar-refractivity contribution in [2.45, 2.75) is 6.04 Å². The van der Waals surface area contributed by atoms with E-state index < -0.39 is 0 Å². The summed E-state index contributed by atoms with van der Waals surface area (Å²) in [5.74, 6) is 0.932. The molecule has 5 heteroatoms. The molecule has 3 aliphatic heterocycles. The number of aldehydes is 1. The van der Waals surface area contributed by atoms with Crippen LogP contribution in [0.3, 0.4) is 0 Å². The van der Waals surface area contributed by atoms with Crippen molar-refractivity contribution in [2.75, 3.05) is 32.7 Å². The molecule has 1 unspecified atom stereocenters. The summed E-state index contributed by atoms with van der Waals surface area (Å²) in [4.78, 5) is 22.8. The number of carbonyl (C=O) groups excluding carboxylic acids is 1. The van der Waals surface area contributed by atoms with Crippen molar-refractivity contribution >= 4 is 6.29 Å². The SMILES string of the molecule is O=Cc1cnc(C2CN3CCN2CC3)[nH]1. The number of aromatic nitrogens is 2. The summed E-state index contributed by atoms with van der Waals surface area (Å²) < 4.78 is 0. The molecule has 15 heavy (non-hydrogen) atoms. The van der Waals surface area contributed by atoms with Crippen LogP contribution in [0.5, 0.6) is 0 Å². The molecule has 0 aliphatic carbocycles. The molecule has 4 heterocycles. The number of hydrogen-bond donors (Lipinski definition) is 1. The van der Waals surface area contributed by atoms with Crippen molar-refractivity contribution < 1.29 is 4.79 Å². The third-order valence-corrected chi connectivity index (χ3v) is 3.34. The molecule has 1 N–H and O–H groups in total. The first-order chi connectivity index (χ1) is 7.36. The van der Waals surface area contributed by atoms with Crippen molar-refractivity contribution in [2.24, 2.45) is 0 Å². The van der Waals surface area contributed by atoms with E-state index in [0.717, 1.165) is 44.8 Å². The van der Waals surface area contributed by atoms with E-state index in [1.54, 1.807) is 6.20 Å². The van der Waals surface area contributed by atoms with Gasteiger partial charge in [-0.2, -0.15) is 0 Å². The smallest absolute Gasteiger partial charge is 0.167 e. The second-order valence-electron chi connectivity index (χ2n) is 4.19. The molecule has 1 aromatic heterocycles. The molecular formula is C10H14N4O. The van der Waals surface area contributed by atoms with Gasteiger partial charge < -0.3 is 4.98 Å². The summed E-state index contributed by atoms with van der Waals surface area (Å²) in [5, 5.41) is 0. The Bertz CT molecular complexity index is 367. The maximum Gasteiger partial charge on any atom is 0.167 e. The van der Waals surface area contributed by atoms with Crippen molar-refractivity contribution in [1.82, 2.24) is 19.8 Å². The van der Waals surface area contributed by atoms with E-state index in [-0.39, 0.29) is 0 Å². The van der Waals surface area contributed by atoms with E-state index in [4.69, 9.17) is 0 Å². The first-order valence-electron chi connectivity index (χ1n) is 5.33. The Morgan fingerprint density at radius 2 is 2.20 bits per heavy atom. The van der Waals surface area contributed by atoms with Gasteiger partial charge in [-0.15, -0.1) is 0 Å². The van der Waals surface area contributed by atoms with Crippen LogP contribution in [-0.2, 0) is 0 Å². The van der Waals surface area contributed by atoms with Gasteiger partial charge in [-0.05, 0) is 0 Å². The zero-order chi connectivity index (χ0) is 10.3. The number of hydrogen-bond acceptors (Lipinski definition) is 4. The fourth-order valence-electron chi connectivity index (χ4n) is 2.46. The second kappa shape index (κ2) is 3.43. The minimum Gasteiger partial charge on any atom is -0.338 e. The number of piperazine rings is 3. The standard InChI is InChI=1S/C10H14N4O/c15-7-8-5-11-10(12-8)9-6-13-1-3-14(9)4-2-13/h5,7,9H,1-4,6H2,(H,11,12). The number of rotatable bonds is 2. The van der Waals surface area contributed by atoms with Crippen LogP contribution in [0, 0.1) is 0 Å². The van der Waals surface area contributed by atoms with Crippen LogP contribution in [0.4, 0.5) is 0 Å². The highest BCUT2D eigenvalue weighted by Crippen LogP contribution is 2.26. The highest BCUT2D eigenvalue weighted by atomic mass is 16.1. The second-order valence-corrected chi connectivity index (χ2v) is 4.19. The summed E-state index contributed by atoms with van der Waals surface area (Å²) in [6.07, 6.45) is 2.42. The number of carbonyl (C=O) groups is 1. The summed E-state index contributed by atoms with van der Waals surface area (Å²) in [6, 6.07) is 0.348. The van der Waals surface area contributed by atoms with Gasteiger partial charge in [0.05, 0.1) is 17.9 Å². The van der Waals surface area contributed by atoms with E-state index in [1.807, 2.05) is 0 Å². The lowest BCUT2D eigenvalue weighted by atomic mass is 10.1. The molecule has 4 rings (SSSR count). The van der Waals surface area contributed by atoms with Gasteiger partial charge in [0.1, 0.15) is 5.82 Å². The molecule has 80 valence electrons. The molecule has 3 saturated heterocycles. The van der Waals surface area contributed by atoms with Crippen LogP contribution in [0.25, 0.3) is 0 Å². The first-order valence-corrected chi connectivity index (χ1v) is 5.33. The van der Waals surface area contributed by atoms with Crippen LogP contribution >= 0.6 is 0 Å². The summed E-state index contributed by atoms with van der Waals surface area (Å²) in [5.41, 5.74) is 0.572. The largest absolute Gasteiger partial charge is 0.338 e. The molecule has 3 aliphatic rings. The molecule has 5 nitrogen and oxygen atoms in total. The Morgan fingerprint density at radius 3 is 2.73 bits per heavy atom. The van der Waals surface area contributed by atoms with Crippen LogP contribution < -0.4 is 0 Å². The van der Waals surface area contributed by atoms with Gasteiger partial charge >= 0.3 is 0 Å². The van der Waals surface area contributed by atoms with Crippen molar-refractivity contribution in [3.63, 3.8) is 0 Å². The molecule has 0 amide bonds. The molecule has 2 bridgehead atoms. The number of imidazole rings is 1. The minimum atomic E-state index is 0.348. The van der Waals surface area contributed by atoms with Crippen molar-refractivity contribution in [3.05, 3.63) is 17.7 Å². The number of nitrogens with one attached hydrogen (secondary N) is 1. The lowest BCUT2D eigenvalue weighted by molar-refractivity contribution is 0.00897. The quantitative estimate of drug-likeness (QED) is 0.686. The zero-order valence-corrected chi connectivity index (χ0v) is 8.52. The molecule has 0 saturated carbocycles. The number of H-pyrrole nitrogens is 1. The van der Waals surface area contributed by atoms with E-state index in [9.17, 15) is 4.79 Å². The van der Waals surface area contributed by atoms with Crippen LogP contribution in [0.15, 0.2) is 6.20 Å².